The van der Waals surface area contributed by atoms with Crippen molar-refractivity contribution in [2.45, 2.75) is 6.54 Å². The molecule has 0 aliphatic carbocycles. The van der Waals surface area contributed by atoms with Crippen molar-refractivity contribution in [2.24, 2.45) is 0 Å². The maximum atomic E-state index is 12.0. The zero-order chi connectivity index (χ0) is 14.5. The number of para-hydroxylation sites is 1. The van der Waals surface area contributed by atoms with E-state index in [0.29, 0.717) is 12.1 Å². The fourth-order valence-electron chi connectivity index (χ4n) is 1.72. The maximum absolute atomic E-state index is 12.0. The molecule has 104 valence electrons. The van der Waals surface area contributed by atoms with E-state index in [1.165, 1.54) is 12.1 Å². The molecule has 0 unspecified atom stereocenters. The second kappa shape index (κ2) is 6.59. The lowest BCUT2D eigenvalue weighted by Gasteiger charge is -2.09. The molecule has 0 bridgehead atoms. The van der Waals surface area contributed by atoms with Crippen LogP contribution in [0.25, 0.3) is 0 Å². The zero-order valence-electron chi connectivity index (χ0n) is 10.7. The predicted octanol–water partition coefficient (Wildman–Crippen LogP) is 3.33. The molecule has 1 aromatic heterocycles. The summed E-state index contributed by atoms with van der Waals surface area (Å²) in [6.45, 7) is 0.348. The number of halogens is 2. The number of hydrogen-bond donors (Lipinski definition) is 1. The number of carbonyl (C=O) groups excluding carboxylic acids is 1. The number of ether oxygens (including phenoxy) is 1. The van der Waals surface area contributed by atoms with Gasteiger partial charge < -0.3 is 10.1 Å². The van der Waals surface area contributed by atoms with Crippen LogP contribution in [0.5, 0.6) is 5.75 Å². The number of nitrogens with one attached hydrogen (secondary N) is 1. The van der Waals surface area contributed by atoms with Gasteiger partial charge in [0, 0.05) is 17.7 Å². The highest BCUT2D eigenvalue weighted by molar-refractivity contribution is 6.33. The topological polar surface area (TPSA) is 51.2 Å². The number of rotatable bonds is 4. The van der Waals surface area contributed by atoms with Crippen LogP contribution in [0.2, 0.25) is 10.3 Å². The molecule has 0 aliphatic heterocycles. The summed E-state index contributed by atoms with van der Waals surface area (Å²) in [7, 11) is 1.59. The van der Waals surface area contributed by atoms with Crippen LogP contribution in [0, 0.1) is 0 Å². The molecule has 1 amide bonds. The Morgan fingerprint density at radius 2 is 1.90 bits per heavy atom. The molecule has 4 nitrogen and oxygen atoms in total. The summed E-state index contributed by atoms with van der Waals surface area (Å²) in [5.41, 5.74) is 1.25. The fraction of sp³-hybridized carbons (Fsp3) is 0.143. The monoisotopic (exact) mass is 310 g/mol. The Balaban J connectivity index is 2.08. The molecule has 1 aromatic carbocycles. The number of benzene rings is 1. The van der Waals surface area contributed by atoms with Crippen molar-refractivity contribution < 1.29 is 9.53 Å². The number of nitrogens with zero attached hydrogens (tertiary/aromatic N) is 1. The predicted molar refractivity (Wildman–Crippen MR) is 78.4 cm³/mol. The highest BCUT2D eigenvalue weighted by Crippen LogP contribution is 2.18. The minimum Gasteiger partial charge on any atom is -0.496 e. The molecule has 0 fully saturated rings. The highest BCUT2D eigenvalue weighted by Gasteiger charge is 2.09. The number of hydrogen-bond acceptors (Lipinski definition) is 3. The van der Waals surface area contributed by atoms with Gasteiger partial charge in [0.15, 0.2) is 0 Å². The smallest absolute Gasteiger partial charge is 0.251 e. The number of pyridine rings is 1. The van der Waals surface area contributed by atoms with E-state index in [2.05, 4.69) is 10.3 Å². The first-order valence-electron chi connectivity index (χ1n) is 5.83. The summed E-state index contributed by atoms with van der Waals surface area (Å²) in [6.07, 6.45) is 0. The molecule has 1 heterocycles. The van der Waals surface area contributed by atoms with Gasteiger partial charge in [-0.3, -0.25) is 4.79 Å². The second-order valence-corrected chi connectivity index (χ2v) is 4.77. The third-order valence-electron chi connectivity index (χ3n) is 2.66. The molecule has 2 rings (SSSR count). The van der Waals surface area contributed by atoms with Crippen LogP contribution in [0.1, 0.15) is 15.9 Å². The van der Waals surface area contributed by atoms with E-state index < -0.39 is 0 Å². The minimum absolute atomic E-state index is 0.181. The quantitative estimate of drug-likeness (QED) is 0.881. The summed E-state index contributed by atoms with van der Waals surface area (Å²) in [4.78, 5) is 15.8. The molecule has 6 heteroatoms. The normalized spacial score (nSPS) is 10.2. The van der Waals surface area contributed by atoms with Gasteiger partial charge in [-0.05, 0) is 18.2 Å². The van der Waals surface area contributed by atoms with Gasteiger partial charge >= 0.3 is 0 Å². The summed E-state index contributed by atoms with van der Waals surface area (Å²) >= 11 is 11.5. The van der Waals surface area contributed by atoms with Crippen LogP contribution >= 0.6 is 23.2 Å². The molecule has 1 N–H and O–H groups in total. The average Bonchev–Trinajstić information content (AvgIpc) is 2.44. The van der Waals surface area contributed by atoms with Crippen LogP contribution in [0.15, 0.2) is 36.4 Å². The van der Waals surface area contributed by atoms with Crippen LogP contribution in [0.4, 0.5) is 0 Å². The molecule has 20 heavy (non-hydrogen) atoms. The van der Waals surface area contributed by atoms with Crippen molar-refractivity contribution in [1.82, 2.24) is 10.3 Å². The fourth-order valence-corrected chi connectivity index (χ4v) is 2.18. The first-order valence-corrected chi connectivity index (χ1v) is 6.59. The van der Waals surface area contributed by atoms with E-state index in [1.54, 1.807) is 7.11 Å². The highest BCUT2D eigenvalue weighted by atomic mass is 35.5. The number of carbonyl (C=O) groups is 1. The van der Waals surface area contributed by atoms with Crippen LogP contribution < -0.4 is 10.1 Å². The lowest BCUT2D eigenvalue weighted by molar-refractivity contribution is 0.0950. The Morgan fingerprint density at radius 1 is 1.25 bits per heavy atom. The SMILES string of the molecule is COc1ccccc1CNC(=O)c1cc(Cl)nc(Cl)c1. The van der Waals surface area contributed by atoms with Gasteiger partial charge in [0.05, 0.1) is 7.11 Å². The van der Waals surface area contributed by atoms with E-state index in [-0.39, 0.29) is 16.2 Å². The van der Waals surface area contributed by atoms with Crippen LogP contribution in [-0.2, 0) is 6.54 Å². The average molecular weight is 311 g/mol. The third kappa shape index (κ3) is 3.62. The molecular weight excluding hydrogens is 299 g/mol. The van der Waals surface area contributed by atoms with Crippen LogP contribution in [-0.4, -0.2) is 18.0 Å². The summed E-state index contributed by atoms with van der Waals surface area (Å²) < 4.78 is 5.22. The molecule has 0 saturated heterocycles. The molecule has 0 radical (unpaired) electrons. The van der Waals surface area contributed by atoms with E-state index in [9.17, 15) is 4.79 Å². The molecule has 2 aromatic rings. The summed E-state index contributed by atoms with van der Waals surface area (Å²) in [5.74, 6) is 0.445. The standard InChI is InChI=1S/C14H12Cl2N2O2/c1-20-11-5-3-2-4-9(11)8-17-14(19)10-6-12(15)18-13(16)7-10/h2-7H,8H2,1H3,(H,17,19). The van der Waals surface area contributed by atoms with Gasteiger partial charge in [-0.25, -0.2) is 4.98 Å². The Morgan fingerprint density at radius 3 is 2.55 bits per heavy atom. The molecule has 0 spiro atoms. The van der Waals surface area contributed by atoms with Gasteiger partial charge in [-0.2, -0.15) is 0 Å². The van der Waals surface area contributed by atoms with Crippen molar-refractivity contribution >= 4 is 29.1 Å². The maximum Gasteiger partial charge on any atom is 0.251 e. The van der Waals surface area contributed by atoms with Crippen LogP contribution in [0.3, 0.4) is 0 Å². The Labute approximate surface area is 126 Å². The summed E-state index contributed by atoms with van der Waals surface area (Å²) in [6, 6.07) is 10.4. The van der Waals surface area contributed by atoms with E-state index in [1.807, 2.05) is 24.3 Å². The van der Waals surface area contributed by atoms with E-state index >= 15 is 0 Å². The zero-order valence-corrected chi connectivity index (χ0v) is 12.2. The number of amides is 1. The van der Waals surface area contributed by atoms with E-state index in [0.717, 1.165) is 11.3 Å². The molecule has 0 aliphatic rings. The van der Waals surface area contributed by atoms with Crippen molar-refractivity contribution in [1.29, 1.82) is 0 Å². The number of aromatic nitrogens is 1. The molecular formula is C14H12Cl2N2O2. The van der Waals surface area contributed by atoms with Crippen molar-refractivity contribution in [3.8, 4) is 5.75 Å². The molecule has 0 saturated carbocycles. The lowest BCUT2D eigenvalue weighted by Crippen LogP contribution is -2.23. The first kappa shape index (κ1) is 14.6. The van der Waals surface area contributed by atoms with Crippen molar-refractivity contribution in [2.75, 3.05) is 7.11 Å². The Kier molecular flexibility index (Phi) is 4.82. The second-order valence-electron chi connectivity index (χ2n) is 4.00. The van der Waals surface area contributed by atoms with Gasteiger partial charge in [-0.1, -0.05) is 41.4 Å². The minimum atomic E-state index is -0.276. The van der Waals surface area contributed by atoms with Gasteiger partial charge in [0.2, 0.25) is 0 Å². The largest absolute Gasteiger partial charge is 0.496 e. The molecule has 0 atom stereocenters. The van der Waals surface area contributed by atoms with Crippen molar-refractivity contribution in [3.63, 3.8) is 0 Å². The number of methoxy groups -OCH3 is 1. The summed E-state index contributed by atoms with van der Waals surface area (Å²) in [5, 5.41) is 3.14. The van der Waals surface area contributed by atoms with Gasteiger partial charge in [0.25, 0.3) is 5.91 Å². The Bertz CT molecular complexity index is 612. The third-order valence-corrected chi connectivity index (χ3v) is 3.04. The van der Waals surface area contributed by atoms with Gasteiger partial charge in [0.1, 0.15) is 16.1 Å². The first-order chi connectivity index (χ1) is 9.60. The van der Waals surface area contributed by atoms with Crippen molar-refractivity contribution in [3.05, 3.63) is 57.8 Å². The lowest BCUT2D eigenvalue weighted by atomic mass is 10.2. The van der Waals surface area contributed by atoms with E-state index in [4.69, 9.17) is 27.9 Å². The van der Waals surface area contributed by atoms with Gasteiger partial charge in [-0.15, -0.1) is 0 Å². The Hall–Kier alpha value is -1.78.